The van der Waals surface area contributed by atoms with Gasteiger partial charge in [0.05, 0.1) is 10.5 Å². The van der Waals surface area contributed by atoms with Gasteiger partial charge in [-0.2, -0.15) is 0 Å². The lowest BCUT2D eigenvalue weighted by Gasteiger charge is -2.31. The monoisotopic (exact) mass is 415 g/mol. The standard InChI is InChI=1S/C17H22INO3/c1-4-19-16(8-7-15(18)17(19)20)14-6-5-13(11-12(14)2)22-10-9-21-3/h5-6,8,11,15H,4,7,9-10H2,1-3H3. The second-order valence-corrected chi connectivity index (χ2v) is 6.70. The molecule has 1 amide bonds. The fourth-order valence-electron chi connectivity index (χ4n) is 2.55. The van der Waals surface area contributed by atoms with Gasteiger partial charge in [0.25, 0.3) is 0 Å². The van der Waals surface area contributed by atoms with E-state index in [-0.39, 0.29) is 9.83 Å². The first kappa shape index (κ1) is 17.3. The summed E-state index contributed by atoms with van der Waals surface area (Å²) in [4.78, 5) is 14.2. The average Bonchev–Trinajstić information content (AvgIpc) is 2.51. The van der Waals surface area contributed by atoms with Crippen LogP contribution in [-0.4, -0.2) is 41.6 Å². The predicted octanol–water partition coefficient (Wildman–Crippen LogP) is 3.42. The van der Waals surface area contributed by atoms with Gasteiger partial charge in [-0.15, -0.1) is 0 Å². The van der Waals surface area contributed by atoms with E-state index in [0.29, 0.717) is 19.8 Å². The first-order valence-corrected chi connectivity index (χ1v) is 8.71. The smallest absolute Gasteiger partial charge is 0.240 e. The first-order chi connectivity index (χ1) is 10.6. The van der Waals surface area contributed by atoms with Gasteiger partial charge in [0.15, 0.2) is 0 Å². The second-order valence-electron chi connectivity index (χ2n) is 5.19. The Hall–Kier alpha value is -1.08. The molecule has 22 heavy (non-hydrogen) atoms. The lowest BCUT2D eigenvalue weighted by atomic mass is 10.00. The maximum atomic E-state index is 12.3. The number of carbonyl (C=O) groups excluding carboxylic acids is 1. The maximum absolute atomic E-state index is 12.3. The van der Waals surface area contributed by atoms with Gasteiger partial charge in [-0.25, -0.2) is 0 Å². The first-order valence-electron chi connectivity index (χ1n) is 7.46. The Morgan fingerprint density at radius 2 is 2.14 bits per heavy atom. The summed E-state index contributed by atoms with van der Waals surface area (Å²) in [6.07, 6.45) is 2.95. The van der Waals surface area contributed by atoms with Crippen molar-refractivity contribution in [1.82, 2.24) is 4.90 Å². The minimum absolute atomic E-state index is 0.0401. The van der Waals surface area contributed by atoms with Gasteiger partial charge in [0, 0.05) is 24.9 Å². The van der Waals surface area contributed by atoms with Crippen molar-refractivity contribution < 1.29 is 14.3 Å². The molecule has 0 aromatic heterocycles. The molecule has 1 unspecified atom stereocenters. The van der Waals surface area contributed by atoms with Crippen LogP contribution >= 0.6 is 22.6 Å². The van der Waals surface area contributed by atoms with Gasteiger partial charge in [0.1, 0.15) is 12.4 Å². The van der Waals surface area contributed by atoms with Crippen LogP contribution in [-0.2, 0) is 9.53 Å². The zero-order valence-corrected chi connectivity index (χ0v) is 15.4. The molecule has 0 aliphatic carbocycles. The van der Waals surface area contributed by atoms with Gasteiger partial charge < -0.3 is 14.4 Å². The quantitative estimate of drug-likeness (QED) is 0.406. The highest BCUT2D eigenvalue weighted by Gasteiger charge is 2.28. The second kappa shape index (κ2) is 7.97. The lowest BCUT2D eigenvalue weighted by Crippen LogP contribution is -2.38. The zero-order chi connectivity index (χ0) is 16.1. The molecule has 0 saturated carbocycles. The third kappa shape index (κ3) is 3.81. The van der Waals surface area contributed by atoms with Crippen LogP contribution in [0, 0.1) is 6.92 Å². The number of methoxy groups -OCH3 is 1. The SMILES string of the molecule is CCN1C(=O)C(I)CC=C1c1ccc(OCCOC)cc1C. The number of hydrogen-bond donors (Lipinski definition) is 0. The summed E-state index contributed by atoms with van der Waals surface area (Å²) in [5, 5.41) is 0. The van der Waals surface area contributed by atoms with Crippen LogP contribution in [0.25, 0.3) is 5.70 Å². The van der Waals surface area contributed by atoms with Gasteiger partial charge in [-0.3, -0.25) is 4.79 Å². The Kier molecular flexibility index (Phi) is 6.26. The van der Waals surface area contributed by atoms with Crippen LogP contribution in [0.2, 0.25) is 0 Å². The van der Waals surface area contributed by atoms with Crippen molar-refractivity contribution in [2.45, 2.75) is 24.2 Å². The van der Waals surface area contributed by atoms with Crippen molar-refractivity contribution >= 4 is 34.2 Å². The van der Waals surface area contributed by atoms with E-state index in [2.05, 4.69) is 28.7 Å². The molecule has 0 radical (unpaired) electrons. The summed E-state index contributed by atoms with van der Waals surface area (Å²) < 4.78 is 10.7. The van der Waals surface area contributed by atoms with Crippen LogP contribution in [0.3, 0.4) is 0 Å². The van der Waals surface area contributed by atoms with Crippen molar-refractivity contribution in [2.75, 3.05) is 26.9 Å². The van der Waals surface area contributed by atoms with Crippen molar-refractivity contribution in [2.24, 2.45) is 0 Å². The Labute approximate surface area is 145 Å². The van der Waals surface area contributed by atoms with Crippen LogP contribution < -0.4 is 4.74 Å². The van der Waals surface area contributed by atoms with Crippen LogP contribution in [0.1, 0.15) is 24.5 Å². The van der Waals surface area contributed by atoms with E-state index < -0.39 is 0 Å². The molecule has 1 aliphatic heterocycles. The minimum Gasteiger partial charge on any atom is -0.491 e. The summed E-state index contributed by atoms with van der Waals surface area (Å²) in [7, 11) is 1.66. The number of ether oxygens (including phenoxy) is 2. The highest BCUT2D eigenvalue weighted by molar-refractivity contribution is 14.1. The number of hydrogen-bond acceptors (Lipinski definition) is 3. The number of nitrogens with zero attached hydrogens (tertiary/aromatic N) is 1. The largest absolute Gasteiger partial charge is 0.491 e. The predicted molar refractivity (Wildman–Crippen MR) is 96.3 cm³/mol. The Morgan fingerprint density at radius 1 is 1.36 bits per heavy atom. The number of halogens is 1. The van der Waals surface area contributed by atoms with Crippen molar-refractivity contribution in [1.29, 1.82) is 0 Å². The maximum Gasteiger partial charge on any atom is 0.240 e. The molecule has 1 atom stereocenters. The van der Waals surface area contributed by atoms with Gasteiger partial charge in [0.2, 0.25) is 5.91 Å². The molecule has 0 bridgehead atoms. The molecule has 0 spiro atoms. The molecule has 0 saturated heterocycles. The summed E-state index contributed by atoms with van der Waals surface area (Å²) >= 11 is 2.22. The van der Waals surface area contributed by atoms with Crippen molar-refractivity contribution in [3.05, 3.63) is 35.4 Å². The van der Waals surface area contributed by atoms with E-state index in [1.165, 1.54) is 0 Å². The molecule has 0 fully saturated rings. The summed E-state index contributed by atoms with van der Waals surface area (Å²) in [6, 6.07) is 6.00. The summed E-state index contributed by atoms with van der Waals surface area (Å²) in [5.41, 5.74) is 3.22. The number of allylic oxidation sites excluding steroid dienone is 1. The molecular formula is C17H22INO3. The number of rotatable bonds is 6. The third-order valence-electron chi connectivity index (χ3n) is 3.69. The normalized spacial score (nSPS) is 18.4. The van der Waals surface area contributed by atoms with E-state index in [0.717, 1.165) is 29.0 Å². The molecular weight excluding hydrogens is 393 g/mol. The van der Waals surface area contributed by atoms with E-state index in [1.54, 1.807) is 7.11 Å². The summed E-state index contributed by atoms with van der Waals surface area (Å²) in [5.74, 6) is 1.02. The Bertz CT molecular complexity index is 571. The molecule has 120 valence electrons. The van der Waals surface area contributed by atoms with Gasteiger partial charge >= 0.3 is 0 Å². The molecule has 1 aliphatic rings. The average molecular weight is 415 g/mol. The van der Waals surface area contributed by atoms with Gasteiger partial charge in [-0.1, -0.05) is 28.7 Å². The zero-order valence-electron chi connectivity index (χ0n) is 13.3. The number of carbonyl (C=O) groups is 1. The van der Waals surface area contributed by atoms with Crippen LogP contribution in [0.15, 0.2) is 24.3 Å². The van der Waals surface area contributed by atoms with E-state index in [9.17, 15) is 4.79 Å². The molecule has 1 aromatic rings. The topological polar surface area (TPSA) is 38.8 Å². The summed E-state index contributed by atoms with van der Waals surface area (Å²) in [6.45, 7) is 5.86. The minimum atomic E-state index is 0.0401. The number of aryl methyl sites for hydroxylation is 1. The number of alkyl halides is 1. The Morgan fingerprint density at radius 3 is 2.77 bits per heavy atom. The van der Waals surface area contributed by atoms with E-state index in [1.807, 2.05) is 36.9 Å². The highest BCUT2D eigenvalue weighted by atomic mass is 127. The molecule has 1 aromatic carbocycles. The van der Waals surface area contributed by atoms with Crippen LogP contribution in [0.5, 0.6) is 5.75 Å². The third-order valence-corrected chi connectivity index (χ3v) is 4.73. The molecule has 4 nitrogen and oxygen atoms in total. The highest BCUT2D eigenvalue weighted by Crippen LogP contribution is 2.31. The van der Waals surface area contributed by atoms with Crippen molar-refractivity contribution in [3.63, 3.8) is 0 Å². The fourth-order valence-corrected chi connectivity index (χ4v) is 3.14. The number of amides is 1. The number of benzene rings is 1. The van der Waals surface area contributed by atoms with Gasteiger partial charge in [-0.05, 0) is 44.0 Å². The fraction of sp³-hybridized carbons (Fsp3) is 0.471. The Balaban J connectivity index is 2.23. The molecule has 1 heterocycles. The van der Waals surface area contributed by atoms with E-state index >= 15 is 0 Å². The lowest BCUT2D eigenvalue weighted by molar-refractivity contribution is -0.127. The van der Waals surface area contributed by atoms with Crippen molar-refractivity contribution in [3.8, 4) is 5.75 Å². The molecule has 0 N–H and O–H groups in total. The van der Waals surface area contributed by atoms with E-state index in [4.69, 9.17) is 9.47 Å². The molecule has 5 heteroatoms. The molecule has 2 rings (SSSR count). The van der Waals surface area contributed by atoms with Crippen LogP contribution in [0.4, 0.5) is 0 Å².